The van der Waals surface area contributed by atoms with Crippen LogP contribution in [0.1, 0.15) is 11.3 Å². The van der Waals surface area contributed by atoms with Crippen LogP contribution >= 0.6 is 15.9 Å². The number of ether oxygens (including phenoxy) is 1. The highest BCUT2D eigenvalue weighted by molar-refractivity contribution is 9.10. The van der Waals surface area contributed by atoms with Crippen molar-refractivity contribution in [1.29, 1.82) is 5.26 Å². The lowest BCUT2D eigenvalue weighted by Gasteiger charge is -2.10. The Morgan fingerprint density at radius 2 is 2.06 bits per heavy atom. The molecule has 0 N–H and O–H groups in total. The van der Waals surface area contributed by atoms with Crippen LogP contribution in [0.2, 0.25) is 0 Å². The fourth-order valence-electron chi connectivity index (χ4n) is 1.71. The molecule has 0 saturated heterocycles. The highest BCUT2D eigenvalue weighted by Gasteiger charge is 2.09. The first kappa shape index (κ1) is 11.7. The molecule has 0 aliphatic heterocycles. The van der Waals surface area contributed by atoms with Gasteiger partial charge in [-0.15, -0.1) is 0 Å². The number of aryl methyl sites for hydroxylation is 1. The predicted molar refractivity (Wildman–Crippen MR) is 69.5 cm³/mol. The molecular formula is C13H11BrN2O. The molecule has 1 aromatic carbocycles. The second kappa shape index (κ2) is 4.64. The minimum absolute atomic E-state index is 0.586. The van der Waals surface area contributed by atoms with Gasteiger partial charge in [0.15, 0.2) is 0 Å². The SMILES string of the molecule is COc1cc(-n2c(Br)ccc2C#N)ccc1C. The van der Waals surface area contributed by atoms with E-state index in [1.54, 1.807) is 13.2 Å². The van der Waals surface area contributed by atoms with Gasteiger partial charge in [0.1, 0.15) is 17.5 Å². The Morgan fingerprint density at radius 1 is 1.29 bits per heavy atom. The number of hydrogen-bond donors (Lipinski definition) is 0. The molecule has 0 fully saturated rings. The highest BCUT2D eigenvalue weighted by Crippen LogP contribution is 2.26. The maximum Gasteiger partial charge on any atom is 0.125 e. The summed E-state index contributed by atoms with van der Waals surface area (Å²) >= 11 is 3.43. The van der Waals surface area contributed by atoms with Crippen molar-refractivity contribution < 1.29 is 4.74 Å². The fourth-order valence-corrected chi connectivity index (χ4v) is 2.24. The average Bonchev–Trinajstić information content (AvgIpc) is 2.71. The standard InChI is InChI=1S/C13H11BrN2O/c1-9-3-4-10(7-12(9)17-2)16-11(8-15)5-6-13(16)14/h3-7H,1-2H3. The zero-order valence-corrected chi connectivity index (χ0v) is 11.2. The molecule has 2 aromatic rings. The lowest BCUT2D eigenvalue weighted by atomic mass is 10.2. The first-order valence-electron chi connectivity index (χ1n) is 5.09. The molecule has 17 heavy (non-hydrogen) atoms. The number of nitriles is 1. The van der Waals surface area contributed by atoms with E-state index in [1.165, 1.54) is 0 Å². The highest BCUT2D eigenvalue weighted by atomic mass is 79.9. The van der Waals surface area contributed by atoms with Crippen molar-refractivity contribution in [2.45, 2.75) is 6.92 Å². The van der Waals surface area contributed by atoms with E-state index < -0.39 is 0 Å². The number of halogens is 1. The number of benzene rings is 1. The Labute approximate surface area is 108 Å². The van der Waals surface area contributed by atoms with E-state index in [0.29, 0.717) is 5.69 Å². The number of nitrogens with zero attached hydrogens (tertiary/aromatic N) is 2. The summed E-state index contributed by atoms with van der Waals surface area (Å²) in [6.45, 7) is 1.98. The molecule has 2 rings (SSSR count). The molecule has 0 atom stereocenters. The summed E-state index contributed by atoms with van der Waals surface area (Å²) in [5.74, 6) is 0.812. The third-order valence-corrected chi connectivity index (χ3v) is 3.22. The molecule has 0 unspecified atom stereocenters. The molecule has 0 amide bonds. The largest absolute Gasteiger partial charge is 0.496 e. The summed E-state index contributed by atoms with van der Waals surface area (Å²) in [4.78, 5) is 0. The van der Waals surface area contributed by atoms with Crippen LogP contribution in [0.4, 0.5) is 0 Å². The van der Waals surface area contributed by atoms with E-state index in [0.717, 1.165) is 21.6 Å². The molecule has 0 aliphatic carbocycles. The normalized spacial score (nSPS) is 10.0. The number of aromatic nitrogens is 1. The van der Waals surface area contributed by atoms with E-state index in [2.05, 4.69) is 22.0 Å². The van der Waals surface area contributed by atoms with E-state index >= 15 is 0 Å². The van der Waals surface area contributed by atoms with Crippen molar-refractivity contribution in [3.05, 3.63) is 46.2 Å². The second-order valence-corrected chi connectivity index (χ2v) is 4.45. The van der Waals surface area contributed by atoms with Crippen LogP contribution in [0.15, 0.2) is 34.9 Å². The van der Waals surface area contributed by atoms with Crippen molar-refractivity contribution >= 4 is 15.9 Å². The minimum Gasteiger partial charge on any atom is -0.496 e. The van der Waals surface area contributed by atoms with Gasteiger partial charge in [0, 0.05) is 6.07 Å². The van der Waals surface area contributed by atoms with Crippen LogP contribution < -0.4 is 4.74 Å². The maximum atomic E-state index is 9.05. The molecule has 86 valence electrons. The molecule has 4 heteroatoms. The number of hydrogen-bond acceptors (Lipinski definition) is 2. The van der Waals surface area contributed by atoms with Crippen molar-refractivity contribution in [2.24, 2.45) is 0 Å². The summed E-state index contributed by atoms with van der Waals surface area (Å²) in [7, 11) is 1.64. The molecule has 0 saturated carbocycles. The summed E-state index contributed by atoms with van der Waals surface area (Å²) < 4.78 is 7.97. The monoisotopic (exact) mass is 290 g/mol. The van der Waals surface area contributed by atoms with E-state index in [1.807, 2.05) is 35.8 Å². The maximum absolute atomic E-state index is 9.05. The van der Waals surface area contributed by atoms with Gasteiger partial charge in [-0.3, -0.25) is 4.57 Å². The first-order chi connectivity index (χ1) is 8.17. The topological polar surface area (TPSA) is 38.0 Å². The van der Waals surface area contributed by atoms with Crippen LogP contribution in [0, 0.1) is 18.3 Å². The van der Waals surface area contributed by atoms with Gasteiger partial charge >= 0.3 is 0 Å². The quantitative estimate of drug-likeness (QED) is 0.850. The lowest BCUT2D eigenvalue weighted by Crippen LogP contribution is -1.98. The Balaban J connectivity index is 2.61. The van der Waals surface area contributed by atoms with Gasteiger partial charge in [-0.05, 0) is 46.6 Å². The van der Waals surface area contributed by atoms with Crippen LogP contribution in [-0.4, -0.2) is 11.7 Å². The van der Waals surface area contributed by atoms with Gasteiger partial charge in [-0.1, -0.05) is 6.07 Å². The summed E-state index contributed by atoms with van der Waals surface area (Å²) in [5.41, 5.74) is 2.56. The van der Waals surface area contributed by atoms with Crippen molar-refractivity contribution in [3.63, 3.8) is 0 Å². The van der Waals surface area contributed by atoms with Crippen LogP contribution in [-0.2, 0) is 0 Å². The molecule has 1 heterocycles. The van der Waals surface area contributed by atoms with Gasteiger partial charge in [0.25, 0.3) is 0 Å². The number of methoxy groups -OCH3 is 1. The van der Waals surface area contributed by atoms with Crippen molar-refractivity contribution in [2.75, 3.05) is 7.11 Å². The molecule has 0 spiro atoms. The zero-order chi connectivity index (χ0) is 12.4. The Hall–Kier alpha value is -1.73. The van der Waals surface area contributed by atoms with Crippen molar-refractivity contribution in [3.8, 4) is 17.5 Å². The van der Waals surface area contributed by atoms with Gasteiger partial charge in [-0.2, -0.15) is 5.26 Å². The Bertz CT molecular complexity index is 596. The Morgan fingerprint density at radius 3 is 2.71 bits per heavy atom. The van der Waals surface area contributed by atoms with Gasteiger partial charge in [0.2, 0.25) is 0 Å². The molecule has 0 radical (unpaired) electrons. The van der Waals surface area contributed by atoms with E-state index in [9.17, 15) is 0 Å². The van der Waals surface area contributed by atoms with Crippen LogP contribution in [0.25, 0.3) is 5.69 Å². The summed E-state index contributed by atoms with van der Waals surface area (Å²) in [5, 5.41) is 9.05. The summed E-state index contributed by atoms with van der Waals surface area (Å²) in [6.07, 6.45) is 0. The third-order valence-electron chi connectivity index (χ3n) is 2.60. The predicted octanol–water partition coefficient (Wildman–Crippen LogP) is 3.43. The van der Waals surface area contributed by atoms with Gasteiger partial charge in [-0.25, -0.2) is 0 Å². The molecular weight excluding hydrogens is 280 g/mol. The van der Waals surface area contributed by atoms with Crippen molar-refractivity contribution in [1.82, 2.24) is 4.57 Å². The molecule has 3 nitrogen and oxygen atoms in total. The average molecular weight is 291 g/mol. The van der Waals surface area contributed by atoms with Gasteiger partial charge < -0.3 is 4.74 Å². The first-order valence-corrected chi connectivity index (χ1v) is 5.89. The molecule has 0 bridgehead atoms. The van der Waals surface area contributed by atoms with E-state index in [4.69, 9.17) is 10.00 Å². The number of rotatable bonds is 2. The van der Waals surface area contributed by atoms with Crippen LogP contribution in [0.3, 0.4) is 0 Å². The Kier molecular flexibility index (Phi) is 3.21. The third kappa shape index (κ3) is 2.06. The summed E-state index contributed by atoms with van der Waals surface area (Å²) in [6, 6.07) is 11.6. The van der Waals surface area contributed by atoms with Gasteiger partial charge in [0.05, 0.1) is 17.4 Å². The smallest absolute Gasteiger partial charge is 0.125 e. The van der Waals surface area contributed by atoms with E-state index in [-0.39, 0.29) is 0 Å². The fraction of sp³-hybridized carbons (Fsp3) is 0.154. The minimum atomic E-state index is 0.586. The second-order valence-electron chi connectivity index (χ2n) is 3.64. The zero-order valence-electron chi connectivity index (χ0n) is 9.57. The van der Waals surface area contributed by atoms with Crippen LogP contribution in [0.5, 0.6) is 5.75 Å². The molecule has 0 aliphatic rings. The molecule has 1 aromatic heterocycles. The lowest BCUT2D eigenvalue weighted by molar-refractivity contribution is 0.411.